The van der Waals surface area contributed by atoms with Gasteiger partial charge in [0, 0.05) is 16.7 Å². The maximum atomic E-state index is 11.5. The minimum absolute atomic E-state index is 0.297. The first kappa shape index (κ1) is 12.4. The van der Waals surface area contributed by atoms with Crippen LogP contribution in [0.4, 0.5) is 0 Å². The van der Waals surface area contributed by atoms with Gasteiger partial charge in [-0.3, -0.25) is 14.4 Å². The van der Waals surface area contributed by atoms with Gasteiger partial charge in [0.15, 0.2) is 5.78 Å². The number of hydroxylamine groups is 1. The Balaban J connectivity index is 2.69. The summed E-state index contributed by atoms with van der Waals surface area (Å²) in [6.45, 7) is 0. The first-order valence-electron chi connectivity index (χ1n) is 4.44. The predicted molar refractivity (Wildman–Crippen MR) is 60.1 cm³/mol. The van der Waals surface area contributed by atoms with Gasteiger partial charge in [0.05, 0.1) is 7.11 Å². The second-order valence-electron chi connectivity index (χ2n) is 2.88. The molecule has 0 saturated heterocycles. The highest BCUT2D eigenvalue weighted by Gasteiger charge is 2.02. The number of nitrogens with one attached hydrogen (secondary N) is 1. The third-order valence-electron chi connectivity index (χ3n) is 1.70. The summed E-state index contributed by atoms with van der Waals surface area (Å²) in [6.07, 6.45) is 2.24. The SMILES string of the molecule is CONC(=O)C=CC(=O)c1cccc(Cl)c1. The largest absolute Gasteiger partial charge is 0.289 e. The second-order valence-corrected chi connectivity index (χ2v) is 3.31. The van der Waals surface area contributed by atoms with E-state index in [1.54, 1.807) is 18.2 Å². The average Bonchev–Trinajstić information content (AvgIpc) is 2.26. The zero-order valence-electron chi connectivity index (χ0n) is 8.57. The maximum Gasteiger partial charge on any atom is 0.267 e. The molecule has 0 aliphatic carbocycles. The van der Waals surface area contributed by atoms with Crippen LogP contribution in [0.25, 0.3) is 0 Å². The maximum absolute atomic E-state index is 11.5. The summed E-state index contributed by atoms with van der Waals surface area (Å²) in [6, 6.07) is 6.48. The zero-order chi connectivity index (χ0) is 12.0. The molecule has 0 aromatic heterocycles. The van der Waals surface area contributed by atoms with Crippen molar-refractivity contribution < 1.29 is 14.4 Å². The minimum Gasteiger partial charge on any atom is -0.289 e. The third-order valence-corrected chi connectivity index (χ3v) is 1.93. The Labute approximate surface area is 97.8 Å². The van der Waals surface area contributed by atoms with Crippen LogP contribution in [-0.4, -0.2) is 18.8 Å². The van der Waals surface area contributed by atoms with E-state index in [1.165, 1.54) is 13.2 Å². The fraction of sp³-hybridized carbons (Fsp3) is 0.0909. The first-order valence-corrected chi connectivity index (χ1v) is 4.82. The van der Waals surface area contributed by atoms with Crippen molar-refractivity contribution in [1.82, 2.24) is 5.48 Å². The van der Waals surface area contributed by atoms with E-state index in [9.17, 15) is 9.59 Å². The monoisotopic (exact) mass is 239 g/mol. The number of hydrogen-bond acceptors (Lipinski definition) is 3. The Bertz CT molecular complexity index is 429. The molecule has 0 saturated carbocycles. The highest BCUT2D eigenvalue weighted by molar-refractivity contribution is 6.31. The molecule has 5 heteroatoms. The van der Waals surface area contributed by atoms with E-state index in [0.717, 1.165) is 12.2 Å². The van der Waals surface area contributed by atoms with Crippen LogP contribution >= 0.6 is 11.6 Å². The van der Waals surface area contributed by atoms with E-state index < -0.39 is 5.91 Å². The summed E-state index contributed by atoms with van der Waals surface area (Å²) >= 11 is 5.73. The summed E-state index contributed by atoms with van der Waals surface area (Å²) in [5.74, 6) is -0.799. The van der Waals surface area contributed by atoms with Crippen LogP contribution < -0.4 is 5.48 Å². The van der Waals surface area contributed by atoms with Gasteiger partial charge in [-0.1, -0.05) is 23.7 Å². The fourth-order valence-corrected chi connectivity index (χ4v) is 1.21. The van der Waals surface area contributed by atoms with Crippen molar-refractivity contribution in [2.75, 3.05) is 7.11 Å². The molecule has 0 atom stereocenters. The van der Waals surface area contributed by atoms with E-state index in [1.807, 2.05) is 0 Å². The van der Waals surface area contributed by atoms with Crippen LogP contribution in [0.3, 0.4) is 0 Å². The molecule has 1 amide bonds. The summed E-state index contributed by atoms with van der Waals surface area (Å²) in [5, 5.41) is 0.473. The van der Waals surface area contributed by atoms with Gasteiger partial charge in [-0.05, 0) is 18.2 Å². The Morgan fingerprint density at radius 3 is 2.75 bits per heavy atom. The number of benzene rings is 1. The molecule has 1 aromatic carbocycles. The summed E-state index contributed by atoms with van der Waals surface area (Å²) in [4.78, 5) is 26.9. The number of rotatable bonds is 4. The van der Waals surface area contributed by atoms with Gasteiger partial charge < -0.3 is 0 Å². The Morgan fingerprint density at radius 2 is 2.12 bits per heavy atom. The molecular weight excluding hydrogens is 230 g/mol. The number of hydrogen-bond donors (Lipinski definition) is 1. The molecule has 16 heavy (non-hydrogen) atoms. The van der Waals surface area contributed by atoms with Gasteiger partial charge in [-0.15, -0.1) is 0 Å². The molecule has 1 N–H and O–H groups in total. The van der Waals surface area contributed by atoms with E-state index in [0.29, 0.717) is 10.6 Å². The normalized spacial score (nSPS) is 10.4. The van der Waals surface area contributed by atoms with Crippen LogP contribution in [0.1, 0.15) is 10.4 Å². The van der Waals surface area contributed by atoms with Gasteiger partial charge in [-0.25, -0.2) is 5.48 Å². The molecule has 4 nitrogen and oxygen atoms in total. The Kier molecular flexibility index (Phi) is 4.69. The van der Waals surface area contributed by atoms with Crippen LogP contribution in [0.15, 0.2) is 36.4 Å². The number of amides is 1. The molecular formula is C11H10ClNO3. The van der Waals surface area contributed by atoms with Crippen molar-refractivity contribution in [3.05, 3.63) is 47.0 Å². The summed E-state index contributed by atoms with van der Waals surface area (Å²) < 4.78 is 0. The number of carbonyl (C=O) groups is 2. The first-order chi connectivity index (χ1) is 7.63. The highest BCUT2D eigenvalue weighted by Crippen LogP contribution is 2.11. The lowest BCUT2D eigenvalue weighted by atomic mass is 10.1. The molecule has 0 aliphatic rings. The van der Waals surface area contributed by atoms with Crippen LogP contribution in [0.5, 0.6) is 0 Å². The number of allylic oxidation sites excluding steroid dienone is 1. The van der Waals surface area contributed by atoms with Crippen molar-refractivity contribution in [3.8, 4) is 0 Å². The van der Waals surface area contributed by atoms with Gasteiger partial charge in [-0.2, -0.15) is 0 Å². The van der Waals surface area contributed by atoms with Gasteiger partial charge in [0.25, 0.3) is 5.91 Å². The van der Waals surface area contributed by atoms with Crippen molar-refractivity contribution in [1.29, 1.82) is 0 Å². The molecule has 0 fully saturated rings. The molecule has 0 bridgehead atoms. The van der Waals surface area contributed by atoms with E-state index >= 15 is 0 Å². The lowest BCUT2D eigenvalue weighted by molar-refractivity contribution is -0.126. The molecule has 1 aromatic rings. The molecule has 0 aliphatic heterocycles. The van der Waals surface area contributed by atoms with Gasteiger partial charge in [0.2, 0.25) is 0 Å². The quantitative estimate of drug-likeness (QED) is 0.495. The lowest BCUT2D eigenvalue weighted by Gasteiger charge is -1.97. The van der Waals surface area contributed by atoms with Crippen LogP contribution in [0, 0.1) is 0 Å². The molecule has 0 radical (unpaired) electrons. The van der Waals surface area contributed by atoms with E-state index in [2.05, 4.69) is 10.3 Å². The van der Waals surface area contributed by atoms with Crippen LogP contribution in [0.2, 0.25) is 5.02 Å². The number of ketones is 1. The van der Waals surface area contributed by atoms with Crippen molar-refractivity contribution in [2.24, 2.45) is 0 Å². The van der Waals surface area contributed by atoms with Crippen molar-refractivity contribution >= 4 is 23.3 Å². The molecule has 0 spiro atoms. The lowest BCUT2D eigenvalue weighted by Crippen LogP contribution is -2.19. The summed E-state index contributed by atoms with van der Waals surface area (Å²) in [7, 11) is 1.31. The fourth-order valence-electron chi connectivity index (χ4n) is 1.02. The Morgan fingerprint density at radius 1 is 1.38 bits per heavy atom. The average molecular weight is 240 g/mol. The molecule has 0 heterocycles. The zero-order valence-corrected chi connectivity index (χ0v) is 9.32. The second kappa shape index (κ2) is 6.05. The smallest absolute Gasteiger partial charge is 0.267 e. The van der Waals surface area contributed by atoms with Gasteiger partial charge in [0.1, 0.15) is 0 Å². The summed E-state index contributed by atoms with van der Waals surface area (Å²) in [5.41, 5.74) is 2.48. The molecule has 0 unspecified atom stereocenters. The standard InChI is InChI=1S/C11H10ClNO3/c1-16-13-11(15)6-5-10(14)8-3-2-4-9(12)7-8/h2-7H,1H3,(H,13,15). The number of carbonyl (C=O) groups excluding carboxylic acids is 2. The third kappa shape index (κ3) is 3.84. The molecule has 84 valence electrons. The Hall–Kier alpha value is -1.65. The van der Waals surface area contributed by atoms with Crippen molar-refractivity contribution in [2.45, 2.75) is 0 Å². The highest BCUT2D eigenvalue weighted by atomic mass is 35.5. The van der Waals surface area contributed by atoms with Crippen molar-refractivity contribution in [3.63, 3.8) is 0 Å². The number of halogens is 1. The molecule has 1 rings (SSSR count). The van der Waals surface area contributed by atoms with Gasteiger partial charge >= 0.3 is 0 Å². The van der Waals surface area contributed by atoms with Crippen LogP contribution in [-0.2, 0) is 9.63 Å². The van der Waals surface area contributed by atoms with E-state index in [4.69, 9.17) is 11.6 Å². The topological polar surface area (TPSA) is 55.4 Å². The van der Waals surface area contributed by atoms with E-state index in [-0.39, 0.29) is 5.78 Å². The minimum atomic E-state index is -0.502. The predicted octanol–water partition coefficient (Wildman–Crippen LogP) is 1.76.